The molecule has 1 aromatic rings. The molecule has 1 aromatic carbocycles. The topological polar surface area (TPSA) is 32.3 Å². The van der Waals surface area contributed by atoms with E-state index in [9.17, 15) is 5.11 Å². The van der Waals surface area contributed by atoms with Gasteiger partial charge in [0.25, 0.3) is 0 Å². The zero-order valence-electron chi connectivity index (χ0n) is 7.91. The molecule has 0 saturated carbocycles. The molecule has 2 N–H and O–H groups in total. The summed E-state index contributed by atoms with van der Waals surface area (Å²) in [6.07, 6.45) is 1.39. The third-order valence-electron chi connectivity index (χ3n) is 2.66. The molecule has 0 aliphatic carbocycles. The van der Waals surface area contributed by atoms with Gasteiger partial charge in [-0.2, -0.15) is 0 Å². The van der Waals surface area contributed by atoms with E-state index in [0.29, 0.717) is 0 Å². The van der Waals surface area contributed by atoms with Crippen LogP contribution in [0.25, 0.3) is 0 Å². The van der Waals surface area contributed by atoms with Crippen LogP contribution in [0.4, 0.5) is 0 Å². The molecule has 1 aliphatic heterocycles. The second-order valence-electron chi connectivity index (χ2n) is 3.71. The fourth-order valence-corrected chi connectivity index (χ4v) is 2.16. The quantitative estimate of drug-likeness (QED) is 0.746. The summed E-state index contributed by atoms with van der Waals surface area (Å²) in [5.74, 6) is 0. The lowest BCUT2D eigenvalue weighted by molar-refractivity contribution is 0.117. The Morgan fingerprint density at radius 2 is 2.14 bits per heavy atom. The van der Waals surface area contributed by atoms with Crippen molar-refractivity contribution in [1.29, 1.82) is 0 Å². The van der Waals surface area contributed by atoms with Gasteiger partial charge in [-0.05, 0) is 31.0 Å². The minimum absolute atomic E-state index is 0.197. The van der Waals surface area contributed by atoms with E-state index in [-0.39, 0.29) is 12.1 Å². The van der Waals surface area contributed by atoms with Crippen molar-refractivity contribution in [2.75, 3.05) is 6.54 Å². The predicted octanol–water partition coefficient (Wildman–Crippen LogP) is 2.13. The van der Waals surface area contributed by atoms with Crippen molar-refractivity contribution < 1.29 is 5.11 Å². The van der Waals surface area contributed by atoms with Gasteiger partial charge >= 0.3 is 0 Å². The Hall–Kier alpha value is -0.570. The van der Waals surface area contributed by atoms with Gasteiger partial charge in [0.1, 0.15) is 0 Å². The van der Waals surface area contributed by atoms with E-state index >= 15 is 0 Å². The third kappa shape index (κ3) is 2.08. The number of aliphatic hydroxyl groups excluding tert-OH is 1. The van der Waals surface area contributed by atoms with Crippen molar-refractivity contribution in [3.63, 3.8) is 0 Å². The summed E-state index contributed by atoms with van der Waals surface area (Å²) < 4.78 is 0. The standard InChI is InChI=1S/C11H14ClNO/c12-10-4-2-1-3-9(10)11-7-8(14)5-6-13-11/h1-4,8,11,13-14H,5-7H2. The predicted molar refractivity (Wildman–Crippen MR) is 57.4 cm³/mol. The first-order valence-electron chi connectivity index (χ1n) is 4.93. The van der Waals surface area contributed by atoms with Crippen LogP contribution in [0.5, 0.6) is 0 Å². The summed E-state index contributed by atoms with van der Waals surface area (Å²) in [5.41, 5.74) is 1.09. The molecule has 2 nitrogen and oxygen atoms in total. The molecule has 2 atom stereocenters. The number of hydrogen-bond donors (Lipinski definition) is 2. The number of halogens is 1. The molecule has 1 fully saturated rings. The molecule has 3 heteroatoms. The fourth-order valence-electron chi connectivity index (χ4n) is 1.89. The average Bonchev–Trinajstić information content (AvgIpc) is 2.18. The summed E-state index contributed by atoms with van der Waals surface area (Å²) in [7, 11) is 0. The van der Waals surface area contributed by atoms with Crippen LogP contribution < -0.4 is 5.32 Å². The van der Waals surface area contributed by atoms with Gasteiger partial charge in [-0.25, -0.2) is 0 Å². The number of benzene rings is 1. The van der Waals surface area contributed by atoms with Crippen LogP contribution in [-0.2, 0) is 0 Å². The van der Waals surface area contributed by atoms with E-state index in [0.717, 1.165) is 30.0 Å². The maximum absolute atomic E-state index is 9.55. The minimum atomic E-state index is -0.197. The highest BCUT2D eigenvalue weighted by atomic mass is 35.5. The lowest BCUT2D eigenvalue weighted by Crippen LogP contribution is -2.34. The van der Waals surface area contributed by atoms with Gasteiger partial charge in [0.05, 0.1) is 6.10 Å². The first kappa shape index (κ1) is 9.97. The number of piperidine rings is 1. The lowest BCUT2D eigenvalue weighted by atomic mass is 9.95. The molecule has 1 aliphatic rings. The Kier molecular flexibility index (Phi) is 3.06. The van der Waals surface area contributed by atoms with Gasteiger partial charge in [0.2, 0.25) is 0 Å². The molecule has 14 heavy (non-hydrogen) atoms. The molecule has 0 radical (unpaired) electrons. The Labute approximate surface area is 88.9 Å². The third-order valence-corrected chi connectivity index (χ3v) is 3.00. The van der Waals surface area contributed by atoms with Gasteiger partial charge in [-0.15, -0.1) is 0 Å². The number of rotatable bonds is 1. The average molecular weight is 212 g/mol. The van der Waals surface area contributed by atoms with Crippen LogP contribution in [0.15, 0.2) is 24.3 Å². The zero-order valence-corrected chi connectivity index (χ0v) is 8.67. The Balaban J connectivity index is 2.18. The van der Waals surface area contributed by atoms with Crippen molar-refractivity contribution in [1.82, 2.24) is 5.32 Å². The number of hydrogen-bond acceptors (Lipinski definition) is 2. The first-order valence-corrected chi connectivity index (χ1v) is 5.31. The highest BCUT2D eigenvalue weighted by Crippen LogP contribution is 2.28. The lowest BCUT2D eigenvalue weighted by Gasteiger charge is -2.28. The van der Waals surface area contributed by atoms with Crippen molar-refractivity contribution in [2.45, 2.75) is 25.0 Å². The Bertz CT molecular complexity index is 316. The smallest absolute Gasteiger partial charge is 0.0570 e. The largest absolute Gasteiger partial charge is 0.393 e. The number of nitrogens with one attached hydrogen (secondary N) is 1. The highest BCUT2D eigenvalue weighted by molar-refractivity contribution is 6.31. The van der Waals surface area contributed by atoms with Gasteiger partial charge in [-0.3, -0.25) is 0 Å². The SMILES string of the molecule is OC1CCNC(c2ccccc2Cl)C1. The van der Waals surface area contributed by atoms with Gasteiger partial charge in [0, 0.05) is 11.1 Å². The second-order valence-corrected chi connectivity index (χ2v) is 4.11. The highest BCUT2D eigenvalue weighted by Gasteiger charge is 2.22. The van der Waals surface area contributed by atoms with Crippen molar-refractivity contribution >= 4 is 11.6 Å². The van der Waals surface area contributed by atoms with Crippen LogP contribution in [0, 0.1) is 0 Å². The summed E-state index contributed by atoms with van der Waals surface area (Å²) >= 11 is 6.08. The van der Waals surface area contributed by atoms with Crippen molar-refractivity contribution in [3.05, 3.63) is 34.9 Å². The first-order chi connectivity index (χ1) is 6.77. The summed E-state index contributed by atoms with van der Waals surface area (Å²) in [5, 5.41) is 13.7. The maximum atomic E-state index is 9.55. The van der Waals surface area contributed by atoms with E-state index < -0.39 is 0 Å². The molecular weight excluding hydrogens is 198 g/mol. The summed E-state index contributed by atoms with van der Waals surface area (Å²) in [6, 6.07) is 8.00. The van der Waals surface area contributed by atoms with Gasteiger partial charge in [-0.1, -0.05) is 29.8 Å². The van der Waals surface area contributed by atoms with Gasteiger partial charge < -0.3 is 10.4 Å². The van der Waals surface area contributed by atoms with E-state index in [1.54, 1.807) is 0 Å². The van der Waals surface area contributed by atoms with E-state index in [4.69, 9.17) is 11.6 Å². The number of aliphatic hydroxyl groups is 1. The van der Waals surface area contributed by atoms with E-state index in [1.807, 2.05) is 24.3 Å². The zero-order chi connectivity index (χ0) is 9.97. The van der Waals surface area contributed by atoms with Crippen molar-refractivity contribution in [2.24, 2.45) is 0 Å². The van der Waals surface area contributed by atoms with Crippen LogP contribution in [0.3, 0.4) is 0 Å². The molecule has 1 heterocycles. The molecule has 1 saturated heterocycles. The molecule has 2 unspecified atom stereocenters. The second kappa shape index (κ2) is 4.30. The molecule has 76 valence electrons. The minimum Gasteiger partial charge on any atom is -0.393 e. The van der Waals surface area contributed by atoms with Crippen LogP contribution >= 0.6 is 11.6 Å². The molecular formula is C11H14ClNO. The van der Waals surface area contributed by atoms with Crippen LogP contribution in [-0.4, -0.2) is 17.8 Å². The maximum Gasteiger partial charge on any atom is 0.0570 e. The summed E-state index contributed by atoms with van der Waals surface area (Å²) in [4.78, 5) is 0. The normalized spacial score (nSPS) is 27.6. The Morgan fingerprint density at radius 3 is 2.86 bits per heavy atom. The van der Waals surface area contributed by atoms with E-state index in [2.05, 4.69) is 5.32 Å². The molecule has 0 amide bonds. The van der Waals surface area contributed by atoms with Gasteiger partial charge in [0.15, 0.2) is 0 Å². The summed E-state index contributed by atoms with van der Waals surface area (Å²) in [6.45, 7) is 0.858. The van der Waals surface area contributed by atoms with E-state index in [1.165, 1.54) is 0 Å². The van der Waals surface area contributed by atoms with Crippen molar-refractivity contribution in [3.8, 4) is 0 Å². The molecule has 0 aromatic heterocycles. The van der Waals surface area contributed by atoms with Crippen LogP contribution in [0.1, 0.15) is 24.4 Å². The fraction of sp³-hybridized carbons (Fsp3) is 0.455. The molecule has 2 rings (SSSR count). The molecule has 0 spiro atoms. The monoisotopic (exact) mass is 211 g/mol. The molecule has 0 bridgehead atoms. The Morgan fingerprint density at radius 1 is 1.36 bits per heavy atom. The van der Waals surface area contributed by atoms with Crippen LogP contribution in [0.2, 0.25) is 5.02 Å².